The highest BCUT2D eigenvalue weighted by molar-refractivity contribution is 5.77. The molecule has 3 atom stereocenters. The van der Waals surface area contributed by atoms with E-state index in [-0.39, 0.29) is 11.5 Å². The molecule has 1 unspecified atom stereocenters. The fourth-order valence-corrected chi connectivity index (χ4v) is 3.79. The summed E-state index contributed by atoms with van der Waals surface area (Å²) in [7, 11) is 0. The van der Waals surface area contributed by atoms with Crippen LogP contribution in [0.25, 0.3) is 0 Å². The summed E-state index contributed by atoms with van der Waals surface area (Å²) in [6.07, 6.45) is 6.33. The van der Waals surface area contributed by atoms with Gasteiger partial charge in [-0.1, -0.05) is 6.42 Å². The van der Waals surface area contributed by atoms with Crippen LogP contribution in [0.5, 0.6) is 0 Å². The smallest absolute Gasteiger partial charge is 0.222 e. The van der Waals surface area contributed by atoms with Crippen LogP contribution in [0.1, 0.15) is 38.5 Å². The Morgan fingerprint density at radius 2 is 2.28 bits per heavy atom. The van der Waals surface area contributed by atoms with Gasteiger partial charge in [0.2, 0.25) is 5.91 Å². The number of amides is 1. The van der Waals surface area contributed by atoms with E-state index in [0.29, 0.717) is 18.2 Å². The van der Waals surface area contributed by atoms with Gasteiger partial charge in [-0.2, -0.15) is 0 Å². The minimum Gasteiger partial charge on any atom is -0.381 e. The Labute approximate surface area is 109 Å². The number of hydrogen-bond acceptors (Lipinski definition) is 3. The normalized spacial score (nSPS) is 39.9. The monoisotopic (exact) mass is 252 g/mol. The van der Waals surface area contributed by atoms with Crippen LogP contribution in [0.2, 0.25) is 0 Å². The minimum atomic E-state index is 0.250. The Kier molecular flexibility index (Phi) is 3.32. The summed E-state index contributed by atoms with van der Waals surface area (Å²) in [5, 5.41) is 0. The first kappa shape index (κ1) is 12.4. The molecule has 2 heterocycles. The average Bonchev–Trinajstić information content (AvgIpc) is 3.05. The van der Waals surface area contributed by atoms with Gasteiger partial charge < -0.3 is 15.4 Å². The molecular weight excluding hydrogens is 228 g/mol. The van der Waals surface area contributed by atoms with E-state index in [9.17, 15) is 4.79 Å². The van der Waals surface area contributed by atoms with Gasteiger partial charge in [-0.3, -0.25) is 4.79 Å². The number of nitrogens with zero attached hydrogens (tertiary/aromatic N) is 1. The molecule has 18 heavy (non-hydrogen) atoms. The molecule has 0 aromatic rings. The van der Waals surface area contributed by atoms with Gasteiger partial charge in [-0.15, -0.1) is 0 Å². The number of carbonyl (C=O) groups is 1. The molecule has 2 N–H and O–H groups in total. The highest BCUT2D eigenvalue weighted by Gasteiger charge is 2.43. The summed E-state index contributed by atoms with van der Waals surface area (Å²) >= 11 is 0. The van der Waals surface area contributed by atoms with Crippen molar-refractivity contribution in [3.8, 4) is 0 Å². The quantitative estimate of drug-likeness (QED) is 0.802. The van der Waals surface area contributed by atoms with Crippen LogP contribution in [0, 0.1) is 11.3 Å². The molecule has 102 valence electrons. The standard InChI is InChI=1S/C14H24N2O2/c15-12-3-1-2-11(12)8-13(17)16-6-4-14(9-16)5-7-18-10-14/h11-12H,1-10,15H2/t11-,12+,14?/m0/s1. The third kappa shape index (κ3) is 2.28. The zero-order valence-electron chi connectivity index (χ0n) is 11.1. The molecule has 1 aliphatic carbocycles. The van der Waals surface area contributed by atoms with Crippen molar-refractivity contribution in [2.24, 2.45) is 17.1 Å². The lowest BCUT2D eigenvalue weighted by molar-refractivity contribution is -0.131. The first-order valence-electron chi connectivity index (χ1n) is 7.30. The third-order valence-electron chi connectivity index (χ3n) is 5.13. The molecule has 2 saturated heterocycles. The molecule has 2 aliphatic heterocycles. The molecule has 3 fully saturated rings. The van der Waals surface area contributed by atoms with Gasteiger partial charge in [-0.25, -0.2) is 0 Å². The maximum Gasteiger partial charge on any atom is 0.222 e. The van der Waals surface area contributed by atoms with E-state index in [1.54, 1.807) is 0 Å². The number of rotatable bonds is 2. The van der Waals surface area contributed by atoms with Gasteiger partial charge in [-0.05, 0) is 31.6 Å². The van der Waals surface area contributed by atoms with Crippen molar-refractivity contribution >= 4 is 5.91 Å². The number of nitrogens with two attached hydrogens (primary N) is 1. The largest absolute Gasteiger partial charge is 0.381 e. The second kappa shape index (κ2) is 4.82. The van der Waals surface area contributed by atoms with Gasteiger partial charge in [0.05, 0.1) is 6.61 Å². The Balaban J connectivity index is 1.54. The molecule has 0 radical (unpaired) electrons. The fraction of sp³-hybridized carbons (Fsp3) is 0.929. The van der Waals surface area contributed by atoms with Crippen LogP contribution in [-0.2, 0) is 9.53 Å². The van der Waals surface area contributed by atoms with Crippen molar-refractivity contribution in [3.63, 3.8) is 0 Å². The van der Waals surface area contributed by atoms with Crippen molar-refractivity contribution < 1.29 is 9.53 Å². The molecule has 4 heteroatoms. The van der Waals surface area contributed by atoms with Crippen LogP contribution < -0.4 is 5.73 Å². The predicted octanol–water partition coefficient (Wildman–Crippen LogP) is 1.14. The zero-order valence-corrected chi connectivity index (χ0v) is 11.1. The highest BCUT2D eigenvalue weighted by atomic mass is 16.5. The van der Waals surface area contributed by atoms with E-state index in [2.05, 4.69) is 4.90 Å². The summed E-state index contributed by atoms with van der Waals surface area (Å²) in [6.45, 7) is 3.55. The van der Waals surface area contributed by atoms with Crippen LogP contribution in [0.15, 0.2) is 0 Å². The Morgan fingerprint density at radius 3 is 2.94 bits per heavy atom. The van der Waals surface area contributed by atoms with Crippen molar-refractivity contribution in [1.29, 1.82) is 0 Å². The van der Waals surface area contributed by atoms with Gasteiger partial charge in [0.25, 0.3) is 0 Å². The molecule has 0 bridgehead atoms. The van der Waals surface area contributed by atoms with E-state index in [0.717, 1.165) is 52.0 Å². The van der Waals surface area contributed by atoms with E-state index in [1.807, 2.05) is 0 Å². The summed E-state index contributed by atoms with van der Waals surface area (Å²) < 4.78 is 5.50. The molecule has 1 saturated carbocycles. The maximum atomic E-state index is 12.3. The van der Waals surface area contributed by atoms with Gasteiger partial charge in [0.1, 0.15) is 0 Å². The van der Waals surface area contributed by atoms with Crippen molar-refractivity contribution in [2.45, 2.75) is 44.6 Å². The predicted molar refractivity (Wildman–Crippen MR) is 69.0 cm³/mol. The summed E-state index contributed by atoms with van der Waals surface area (Å²) in [4.78, 5) is 14.4. The van der Waals surface area contributed by atoms with Gasteiger partial charge in [0.15, 0.2) is 0 Å². The molecule has 1 spiro atoms. The lowest BCUT2D eigenvalue weighted by Crippen LogP contribution is -2.35. The molecule has 0 aromatic carbocycles. The molecule has 4 nitrogen and oxygen atoms in total. The Bertz CT molecular complexity index is 326. The topological polar surface area (TPSA) is 55.6 Å². The molecule has 0 aromatic heterocycles. The first-order valence-corrected chi connectivity index (χ1v) is 7.30. The highest BCUT2D eigenvalue weighted by Crippen LogP contribution is 2.39. The van der Waals surface area contributed by atoms with E-state index >= 15 is 0 Å². The second-order valence-corrected chi connectivity index (χ2v) is 6.43. The summed E-state index contributed by atoms with van der Waals surface area (Å²) in [5.74, 6) is 0.745. The third-order valence-corrected chi connectivity index (χ3v) is 5.13. The summed E-state index contributed by atoms with van der Waals surface area (Å²) in [5.41, 5.74) is 6.34. The number of carbonyl (C=O) groups excluding carboxylic acids is 1. The van der Waals surface area contributed by atoms with Crippen LogP contribution in [0.4, 0.5) is 0 Å². The summed E-state index contributed by atoms with van der Waals surface area (Å²) in [6, 6.07) is 0.250. The van der Waals surface area contributed by atoms with E-state index < -0.39 is 0 Å². The second-order valence-electron chi connectivity index (χ2n) is 6.43. The average molecular weight is 252 g/mol. The van der Waals surface area contributed by atoms with E-state index in [4.69, 9.17) is 10.5 Å². The van der Waals surface area contributed by atoms with Crippen molar-refractivity contribution in [1.82, 2.24) is 4.90 Å². The van der Waals surface area contributed by atoms with Crippen LogP contribution in [-0.4, -0.2) is 43.2 Å². The maximum absolute atomic E-state index is 12.3. The lowest BCUT2D eigenvalue weighted by Gasteiger charge is -2.23. The minimum absolute atomic E-state index is 0.250. The SMILES string of the molecule is N[C@@H]1CCC[C@H]1CC(=O)N1CCC2(CCOC2)C1. The Morgan fingerprint density at radius 1 is 1.39 bits per heavy atom. The molecule has 3 aliphatic rings. The van der Waals surface area contributed by atoms with Gasteiger partial charge >= 0.3 is 0 Å². The Hall–Kier alpha value is -0.610. The molecule has 1 amide bonds. The van der Waals surface area contributed by atoms with Crippen molar-refractivity contribution in [2.75, 3.05) is 26.3 Å². The van der Waals surface area contributed by atoms with E-state index in [1.165, 1.54) is 6.42 Å². The van der Waals surface area contributed by atoms with Crippen molar-refractivity contribution in [3.05, 3.63) is 0 Å². The molecular formula is C14H24N2O2. The fourth-order valence-electron chi connectivity index (χ4n) is 3.79. The van der Waals surface area contributed by atoms with Gasteiger partial charge in [0, 0.05) is 37.6 Å². The van der Waals surface area contributed by atoms with Crippen LogP contribution >= 0.6 is 0 Å². The van der Waals surface area contributed by atoms with Crippen LogP contribution in [0.3, 0.4) is 0 Å². The molecule has 3 rings (SSSR count). The number of hydrogen-bond donors (Lipinski definition) is 1. The lowest BCUT2D eigenvalue weighted by atomic mass is 9.87. The first-order chi connectivity index (χ1) is 8.69. The number of ether oxygens (including phenoxy) is 1. The zero-order chi connectivity index (χ0) is 12.6. The number of likely N-dealkylation sites (tertiary alicyclic amines) is 1.